The monoisotopic (exact) mass is 290 g/mol. The highest BCUT2D eigenvalue weighted by atomic mass is 16.5. The fraction of sp³-hybridized carbons (Fsp3) is 0.588. The van der Waals surface area contributed by atoms with E-state index in [0.717, 1.165) is 31.6 Å². The zero-order valence-corrected chi connectivity index (χ0v) is 13.3. The van der Waals surface area contributed by atoms with Gasteiger partial charge in [0.2, 0.25) is 5.91 Å². The van der Waals surface area contributed by atoms with E-state index in [2.05, 4.69) is 22.3 Å². The maximum absolute atomic E-state index is 12.0. The van der Waals surface area contributed by atoms with Gasteiger partial charge < -0.3 is 10.1 Å². The van der Waals surface area contributed by atoms with Crippen molar-refractivity contribution in [1.29, 1.82) is 0 Å². The molecule has 0 aliphatic carbocycles. The first kappa shape index (κ1) is 15.8. The number of rotatable bonds is 6. The second-order valence-electron chi connectivity index (χ2n) is 5.99. The van der Waals surface area contributed by atoms with Crippen molar-refractivity contribution in [2.75, 3.05) is 20.1 Å². The van der Waals surface area contributed by atoms with Crippen molar-refractivity contribution in [3.8, 4) is 5.75 Å². The molecule has 116 valence electrons. The number of benzene rings is 1. The van der Waals surface area contributed by atoms with Crippen LogP contribution in [-0.2, 0) is 11.2 Å². The number of hydrogen-bond donors (Lipinski definition) is 1. The van der Waals surface area contributed by atoms with Gasteiger partial charge in [0.25, 0.3) is 0 Å². The number of likely N-dealkylation sites (tertiary alicyclic amines) is 1. The number of carbonyl (C=O) groups excluding carboxylic acids is 1. The van der Waals surface area contributed by atoms with Crippen LogP contribution in [0.4, 0.5) is 0 Å². The van der Waals surface area contributed by atoms with E-state index in [4.69, 9.17) is 4.74 Å². The SMILES string of the molecule is CC(C)Oc1ccc(CCNC(=O)[C@@H]2CCCN2C)cc1. The molecule has 0 bridgehead atoms. The summed E-state index contributed by atoms with van der Waals surface area (Å²) in [7, 11) is 2.02. The topological polar surface area (TPSA) is 41.6 Å². The lowest BCUT2D eigenvalue weighted by atomic mass is 10.1. The summed E-state index contributed by atoms with van der Waals surface area (Å²) in [5.74, 6) is 1.06. The zero-order chi connectivity index (χ0) is 15.2. The summed E-state index contributed by atoms with van der Waals surface area (Å²) in [4.78, 5) is 14.2. The second-order valence-corrected chi connectivity index (χ2v) is 5.99. The molecule has 0 unspecified atom stereocenters. The van der Waals surface area contributed by atoms with E-state index in [1.165, 1.54) is 5.56 Å². The van der Waals surface area contributed by atoms with Crippen molar-refractivity contribution >= 4 is 5.91 Å². The van der Waals surface area contributed by atoms with Gasteiger partial charge in [-0.15, -0.1) is 0 Å². The molecule has 21 heavy (non-hydrogen) atoms. The third-order valence-corrected chi connectivity index (χ3v) is 3.83. The van der Waals surface area contributed by atoms with Crippen molar-refractivity contribution in [2.24, 2.45) is 0 Å². The summed E-state index contributed by atoms with van der Waals surface area (Å²) < 4.78 is 5.62. The number of carbonyl (C=O) groups is 1. The van der Waals surface area contributed by atoms with Crippen LogP contribution in [-0.4, -0.2) is 43.1 Å². The Labute approximate surface area is 127 Å². The lowest BCUT2D eigenvalue weighted by Gasteiger charge is -2.18. The Hall–Kier alpha value is -1.55. The summed E-state index contributed by atoms with van der Waals surface area (Å²) in [6.45, 7) is 5.75. The molecule has 4 heteroatoms. The fourth-order valence-electron chi connectivity index (χ4n) is 2.70. The number of nitrogens with one attached hydrogen (secondary N) is 1. The van der Waals surface area contributed by atoms with Gasteiger partial charge in [-0.2, -0.15) is 0 Å². The highest BCUT2D eigenvalue weighted by molar-refractivity contribution is 5.81. The molecule has 1 fully saturated rings. The molecule has 2 rings (SSSR count). The molecule has 1 heterocycles. The maximum atomic E-state index is 12.0. The van der Waals surface area contributed by atoms with Crippen LogP contribution in [0.5, 0.6) is 5.75 Å². The van der Waals surface area contributed by atoms with Crippen LogP contribution in [0.3, 0.4) is 0 Å². The smallest absolute Gasteiger partial charge is 0.237 e. The average molecular weight is 290 g/mol. The first-order valence-electron chi connectivity index (χ1n) is 7.80. The van der Waals surface area contributed by atoms with E-state index < -0.39 is 0 Å². The molecule has 1 N–H and O–H groups in total. The summed E-state index contributed by atoms with van der Waals surface area (Å²) in [6.07, 6.45) is 3.14. The largest absolute Gasteiger partial charge is 0.491 e. The minimum absolute atomic E-state index is 0.0619. The van der Waals surface area contributed by atoms with Crippen LogP contribution >= 0.6 is 0 Å². The summed E-state index contributed by atoms with van der Waals surface area (Å²) >= 11 is 0. The first-order chi connectivity index (χ1) is 10.1. The highest BCUT2D eigenvalue weighted by Crippen LogP contribution is 2.15. The molecule has 1 amide bonds. The van der Waals surface area contributed by atoms with Crippen molar-refractivity contribution in [1.82, 2.24) is 10.2 Å². The molecule has 1 atom stereocenters. The summed E-state index contributed by atoms with van der Waals surface area (Å²) in [5, 5.41) is 3.04. The lowest BCUT2D eigenvalue weighted by molar-refractivity contribution is -0.125. The van der Waals surface area contributed by atoms with E-state index in [-0.39, 0.29) is 18.1 Å². The van der Waals surface area contributed by atoms with Crippen molar-refractivity contribution < 1.29 is 9.53 Å². The second kappa shape index (κ2) is 7.46. The van der Waals surface area contributed by atoms with Gasteiger partial charge in [-0.3, -0.25) is 9.69 Å². The predicted octanol–water partition coefficient (Wildman–Crippen LogP) is 2.23. The van der Waals surface area contributed by atoms with E-state index in [1.54, 1.807) is 0 Å². The van der Waals surface area contributed by atoms with Gasteiger partial charge >= 0.3 is 0 Å². The minimum atomic E-state index is 0.0619. The van der Waals surface area contributed by atoms with Crippen LogP contribution in [0.2, 0.25) is 0 Å². The fourth-order valence-corrected chi connectivity index (χ4v) is 2.70. The summed E-state index contributed by atoms with van der Waals surface area (Å²) in [5.41, 5.74) is 1.21. The Bertz CT molecular complexity index is 456. The van der Waals surface area contributed by atoms with E-state index >= 15 is 0 Å². The predicted molar refractivity (Wildman–Crippen MR) is 84.6 cm³/mol. The molecule has 1 saturated heterocycles. The van der Waals surface area contributed by atoms with Crippen LogP contribution in [0.1, 0.15) is 32.3 Å². The Kier molecular flexibility index (Phi) is 5.62. The zero-order valence-electron chi connectivity index (χ0n) is 13.3. The van der Waals surface area contributed by atoms with Gasteiger partial charge in [-0.05, 0) is 64.4 Å². The van der Waals surface area contributed by atoms with Crippen molar-refractivity contribution in [3.63, 3.8) is 0 Å². The summed E-state index contributed by atoms with van der Waals surface area (Å²) in [6, 6.07) is 8.16. The van der Waals surface area contributed by atoms with E-state index in [9.17, 15) is 4.79 Å². The Morgan fingerprint density at radius 2 is 2.10 bits per heavy atom. The Morgan fingerprint density at radius 1 is 1.38 bits per heavy atom. The maximum Gasteiger partial charge on any atom is 0.237 e. The number of hydrogen-bond acceptors (Lipinski definition) is 3. The van der Waals surface area contributed by atoms with Gasteiger partial charge in [-0.25, -0.2) is 0 Å². The van der Waals surface area contributed by atoms with Gasteiger partial charge in [0.05, 0.1) is 12.1 Å². The Balaban J connectivity index is 1.74. The Morgan fingerprint density at radius 3 is 2.67 bits per heavy atom. The van der Waals surface area contributed by atoms with Crippen molar-refractivity contribution in [2.45, 2.75) is 45.3 Å². The van der Waals surface area contributed by atoms with E-state index in [1.807, 2.05) is 33.0 Å². The van der Waals surface area contributed by atoms with Crippen LogP contribution in [0.25, 0.3) is 0 Å². The van der Waals surface area contributed by atoms with Gasteiger partial charge in [-0.1, -0.05) is 12.1 Å². The van der Waals surface area contributed by atoms with Crippen LogP contribution in [0, 0.1) is 0 Å². The molecular weight excluding hydrogens is 264 g/mol. The highest BCUT2D eigenvalue weighted by Gasteiger charge is 2.27. The molecule has 1 aromatic carbocycles. The molecule has 0 spiro atoms. The molecule has 0 radical (unpaired) electrons. The molecular formula is C17H26N2O2. The molecule has 1 aliphatic rings. The number of ether oxygens (including phenoxy) is 1. The van der Waals surface area contributed by atoms with Crippen LogP contribution in [0.15, 0.2) is 24.3 Å². The van der Waals surface area contributed by atoms with Crippen molar-refractivity contribution in [3.05, 3.63) is 29.8 Å². The third-order valence-electron chi connectivity index (χ3n) is 3.83. The van der Waals surface area contributed by atoms with Gasteiger partial charge in [0.1, 0.15) is 5.75 Å². The molecule has 1 aromatic rings. The van der Waals surface area contributed by atoms with Crippen LogP contribution < -0.4 is 10.1 Å². The molecule has 1 aliphatic heterocycles. The van der Waals surface area contributed by atoms with E-state index in [0.29, 0.717) is 6.54 Å². The lowest BCUT2D eigenvalue weighted by Crippen LogP contribution is -2.42. The molecule has 0 saturated carbocycles. The number of nitrogens with zero attached hydrogens (tertiary/aromatic N) is 1. The third kappa shape index (κ3) is 4.74. The normalized spacial score (nSPS) is 19.0. The molecule has 4 nitrogen and oxygen atoms in total. The average Bonchev–Trinajstić information content (AvgIpc) is 2.86. The standard InChI is InChI=1S/C17H26N2O2/c1-13(2)21-15-8-6-14(7-9-15)10-11-18-17(20)16-5-4-12-19(16)3/h6-9,13,16H,4-5,10-12H2,1-3H3,(H,18,20)/t16-/m0/s1. The molecule has 0 aromatic heterocycles. The number of likely N-dealkylation sites (N-methyl/N-ethyl adjacent to an activating group) is 1. The minimum Gasteiger partial charge on any atom is -0.491 e. The van der Waals surface area contributed by atoms with Gasteiger partial charge in [0, 0.05) is 6.54 Å². The quantitative estimate of drug-likeness (QED) is 0.873. The first-order valence-corrected chi connectivity index (χ1v) is 7.80. The van der Waals surface area contributed by atoms with Gasteiger partial charge in [0.15, 0.2) is 0 Å². The number of amides is 1.